The van der Waals surface area contributed by atoms with E-state index in [4.69, 9.17) is 25.8 Å². The predicted molar refractivity (Wildman–Crippen MR) is 130 cm³/mol. The summed E-state index contributed by atoms with van der Waals surface area (Å²) in [7, 11) is -0.602. The second kappa shape index (κ2) is 10.5. The number of hydrogen-bond donors (Lipinski definition) is 0. The topological polar surface area (TPSA) is 118 Å². The van der Waals surface area contributed by atoms with Crippen molar-refractivity contribution in [2.45, 2.75) is 43.1 Å². The molecule has 0 radical (unpaired) electrons. The molecule has 0 N–H and O–H groups in total. The first kappa shape index (κ1) is 25.3. The van der Waals surface area contributed by atoms with Crippen molar-refractivity contribution < 1.29 is 22.6 Å². The summed E-state index contributed by atoms with van der Waals surface area (Å²) in [5.74, 6) is 1.47. The third-order valence-electron chi connectivity index (χ3n) is 6.32. The van der Waals surface area contributed by atoms with Gasteiger partial charge in [-0.2, -0.15) is 0 Å². The molecular formula is C23H28ClN5O5S. The first-order valence-electron chi connectivity index (χ1n) is 11.2. The van der Waals surface area contributed by atoms with Gasteiger partial charge in [0.15, 0.2) is 15.7 Å². The Morgan fingerprint density at radius 2 is 1.80 bits per heavy atom. The molecular weight excluding hydrogens is 494 g/mol. The van der Waals surface area contributed by atoms with E-state index in [1.807, 2.05) is 0 Å². The Labute approximate surface area is 209 Å². The summed E-state index contributed by atoms with van der Waals surface area (Å²) in [6.07, 6.45) is 3.67. The molecule has 1 fully saturated rings. The van der Waals surface area contributed by atoms with Gasteiger partial charge < -0.3 is 14.2 Å². The van der Waals surface area contributed by atoms with Crippen LogP contribution in [0.2, 0.25) is 5.02 Å². The van der Waals surface area contributed by atoms with Crippen molar-refractivity contribution in [3.05, 3.63) is 53.1 Å². The molecule has 0 unspecified atom stereocenters. The van der Waals surface area contributed by atoms with E-state index in [1.165, 1.54) is 12.4 Å². The number of methoxy groups -OCH3 is 2. The van der Waals surface area contributed by atoms with Crippen molar-refractivity contribution in [2.24, 2.45) is 0 Å². The molecule has 1 aliphatic heterocycles. The maximum absolute atomic E-state index is 13.6. The van der Waals surface area contributed by atoms with Gasteiger partial charge in [-0.3, -0.25) is 4.57 Å². The Kier molecular flexibility index (Phi) is 7.58. The maximum atomic E-state index is 13.6. The van der Waals surface area contributed by atoms with E-state index in [1.54, 1.807) is 50.8 Å². The fraction of sp³-hybridized carbons (Fsp3) is 0.478. The first-order valence-corrected chi connectivity index (χ1v) is 13.3. The van der Waals surface area contributed by atoms with Crippen LogP contribution in [0.3, 0.4) is 0 Å². The summed E-state index contributed by atoms with van der Waals surface area (Å²) < 4.78 is 45.6. The van der Waals surface area contributed by atoms with Gasteiger partial charge >= 0.3 is 0 Å². The van der Waals surface area contributed by atoms with Crippen molar-refractivity contribution in [2.75, 3.05) is 27.4 Å². The van der Waals surface area contributed by atoms with Crippen molar-refractivity contribution >= 4 is 21.4 Å². The highest BCUT2D eigenvalue weighted by molar-refractivity contribution is 7.91. The third-order valence-corrected chi connectivity index (χ3v) is 8.72. The Bertz CT molecular complexity index is 1250. The normalized spacial score (nSPS) is 17.8. The second-order valence-corrected chi connectivity index (χ2v) is 11.2. The number of sulfone groups is 1. The predicted octanol–water partition coefficient (Wildman–Crippen LogP) is 3.34. The van der Waals surface area contributed by atoms with Crippen LogP contribution in [0, 0.1) is 0 Å². The lowest BCUT2D eigenvalue weighted by Gasteiger charge is -2.21. The molecule has 3 atom stereocenters. The minimum atomic E-state index is -3.70. The molecule has 0 saturated carbocycles. The van der Waals surface area contributed by atoms with Crippen molar-refractivity contribution in [1.82, 2.24) is 24.7 Å². The van der Waals surface area contributed by atoms with E-state index in [0.29, 0.717) is 47.1 Å². The number of ether oxygens (including phenoxy) is 3. The van der Waals surface area contributed by atoms with Crippen LogP contribution in [0.25, 0.3) is 5.69 Å². The largest absolute Gasteiger partial charge is 0.494 e. The third kappa shape index (κ3) is 5.12. The monoisotopic (exact) mass is 521 g/mol. The van der Waals surface area contributed by atoms with Gasteiger partial charge in [-0.25, -0.2) is 18.4 Å². The number of halogens is 1. The number of aromatic nitrogens is 5. The number of para-hydroxylation sites is 1. The summed E-state index contributed by atoms with van der Waals surface area (Å²) in [6.45, 7) is 4.50. The van der Waals surface area contributed by atoms with E-state index in [2.05, 4.69) is 20.2 Å². The lowest BCUT2D eigenvalue weighted by Crippen LogP contribution is -2.27. The minimum absolute atomic E-state index is 0.0348. The highest BCUT2D eigenvalue weighted by atomic mass is 35.5. The molecule has 188 valence electrons. The van der Waals surface area contributed by atoms with Crippen molar-refractivity contribution in [3.8, 4) is 17.2 Å². The first-order chi connectivity index (χ1) is 16.8. The second-order valence-electron chi connectivity index (χ2n) is 8.44. The van der Waals surface area contributed by atoms with E-state index in [9.17, 15) is 8.42 Å². The molecule has 4 rings (SSSR count). The van der Waals surface area contributed by atoms with Gasteiger partial charge in [0.05, 0.1) is 31.1 Å². The lowest BCUT2D eigenvalue weighted by atomic mass is 10.1. The van der Waals surface area contributed by atoms with E-state index in [-0.39, 0.29) is 17.5 Å². The van der Waals surface area contributed by atoms with Crippen molar-refractivity contribution in [1.29, 1.82) is 0 Å². The highest BCUT2D eigenvalue weighted by Crippen LogP contribution is 2.37. The lowest BCUT2D eigenvalue weighted by molar-refractivity contribution is 0.193. The fourth-order valence-electron chi connectivity index (χ4n) is 4.11. The molecule has 0 amide bonds. The van der Waals surface area contributed by atoms with E-state index >= 15 is 0 Å². The van der Waals surface area contributed by atoms with Crippen LogP contribution in [-0.4, -0.2) is 65.8 Å². The molecule has 0 bridgehead atoms. The number of benzene rings is 1. The maximum Gasteiger partial charge on any atom is 0.160 e. The van der Waals surface area contributed by atoms with Gasteiger partial charge in [-0.1, -0.05) is 24.6 Å². The molecule has 35 heavy (non-hydrogen) atoms. The molecule has 0 aliphatic carbocycles. The van der Waals surface area contributed by atoms with Crippen LogP contribution in [-0.2, 0) is 20.3 Å². The molecule has 3 aromatic rings. The van der Waals surface area contributed by atoms with Gasteiger partial charge in [0.1, 0.15) is 34.6 Å². The zero-order valence-electron chi connectivity index (χ0n) is 20.0. The standard InChI is InChI=1S/C23H28ClN5O5S/c1-14(22-25-10-17(24)11-26-22)15(2)35(30,31)13-20-27-28-23(16-8-9-34-12-16)29(20)21-18(32-3)6-5-7-19(21)33-4/h5-7,10-11,14-16H,8-9,12-13H2,1-4H3/t14-,15-,16-/m0/s1. The van der Waals surface area contributed by atoms with E-state index in [0.717, 1.165) is 6.42 Å². The Morgan fingerprint density at radius 3 is 2.37 bits per heavy atom. The van der Waals surface area contributed by atoms with Gasteiger partial charge in [0, 0.05) is 30.8 Å². The van der Waals surface area contributed by atoms with Crippen LogP contribution in [0.5, 0.6) is 11.5 Å². The zero-order chi connectivity index (χ0) is 25.2. The Morgan fingerprint density at radius 1 is 1.14 bits per heavy atom. The number of nitrogens with zero attached hydrogens (tertiary/aromatic N) is 5. The molecule has 0 spiro atoms. The van der Waals surface area contributed by atoms with E-state index < -0.39 is 21.0 Å². The van der Waals surface area contributed by atoms with Crippen LogP contribution >= 0.6 is 11.6 Å². The van der Waals surface area contributed by atoms with Gasteiger partial charge in [0.2, 0.25) is 0 Å². The molecule has 3 heterocycles. The van der Waals surface area contributed by atoms with Gasteiger partial charge in [-0.15, -0.1) is 10.2 Å². The SMILES string of the molecule is COc1cccc(OC)c1-n1c(CS(=O)(=O)[C@@H](C)[C@H](C)c2ncc(Cl)cn2)nnc1[C@H]1CCOC1. The summed E-state index contributed by atoms with van der Waals surface area (Å²) >= 11 is 5.88. The molecule has 2 aromatic heterocycles. The van der Waals surface area contributed by atoms with Crippen LogP contribution in [0.4, 0.5) is 0 Å². The Hall–Kier alpha value is -2.76. The van der Waals surface area contributed by atoms with Crippen LogP contribution in [0.1, 0.15) is 49.6 Å². The summed E-state index contributed by atoms with van der Waals surface area (Å²) in [4.78, 5) is 8.40. The molecule has 1 aromatic carbocycles. The minimum Gasteiger partial charge on any atom is -0.494 e. The van der Waals surface area contributed by atoms with Gasteiger partial charge in [-0.05, 0) is 25.5 Å². The van der Waals surface area contributed by atoms with Crippen molar-refractivity contribution in [3.63, 3.8) is 0 Å². The smallest absolute Gasteiger partial charge is 0.160 e. The van der Waals surface area contributed by atoms with Crippen LogP contribution in [0.15, 0.2) is 30.6 Å². The highest BCUT2D eigenvalue weighted by Gasteiger charge is 2.34. The molecule has 1 aliphatic rings. The fourth-order valence-corrected chi connectivity index (χ4v) is 5.76. The van der Waals surface area contributed by atoms with Gasteiger partial charge in [0.25, 0.3) is 0 Å². The van der Waals surface area contributed by atoms with Crippen LogP contribution < -0.4 is 9.47 Å². The number of hydrogen-bond acceptors (Lipinski definition) is 9. The summed E-state index contributed by atoms with van der Waals surface area (Å²) in [5.41, 5.74) is 0.552. The molecule has 10 nitrogen and oxygen atoms in total. The Balaban J connectivity index is 1.76. The summed E-state index contributed by atoms with van der Waals surface area (Å²) in [5, 5.41) is 8.32. The molecule has 12 heteroatoms. The summed E-state index contributed by atoms with van der Waals surface area (Å²) in [6, 6.07) is 5.37. The molecule has 1 saturated heterocycles. The average molecular weight is 522 g/mol. The zero-order valence-corrected chi connectivity index (χ0v) is 21.6. The average Bonchev–Trinajstić information content (AvgIpc) is 3.52. The number of rotatable bonds is 9. The quantitative estimate of drug-likeness (QED) is 0.417.